The Labute approximate surface area is 155 Å². The Kier molecular flexibility index (Phi) is 7.03. The smallest absolute Gasteiger partial charge is 0.226 e. The van der Waals surface area contributed by atoms with Gasteiger partial charge in [-0.2, -0.15) is 0 Å². The third kappa shape index (κ3) is 5.54. The molecule has 0 unspecified atom stereocenters. The van der Waals surface area contributed by atoms with Crippen molar-refractivity contribution in [1.29, 1.82) is 0 Å². The molecule has 6 nitrogen and oxygen atoms in total. The van der Waals surface area contributed by atoms with Crippen LogP contribution in [0.5, 0.6) is 0 Å². The Morgan fingerprint density at radius 1 is 1.12 bits per heavy atom. The summed E-state index contributed by atoms with van der Waals surface area (Å²) in [5, 5.41) is 5.78. The molecule has 0 saturated carbocycles. The molecule has 6 heteroatoms. The Hall–Kier alpha value is -1.92. The maximum absolute atomic E-state index is 12.5. The maximum Gasteiger partial charge on any atom is 0.226 e. The van der Waals surface area contributed by atoms with Crippen molar-refractivity contribution in [3.63, 3.8) is 0 Å². The van der Waals surface area contributed by atoms with Crippen molar-refractivity contribution in [1.82, 2.24) is 10.2 Å². The summed E-state index contributed by atoms with van der Waals surface area (Å²) in [6, 6.07) is 9.92. The van der Waals surface area contributed by atoms with E-state index in [0.717, 1.165) is 57.7 Å². The van der Waals surface area contributed by atoms with Gasteiger partial charge in [-0.15, -0.1) is 0 Å². The molecule has 1 atom stereocenters. The van der Waals surface area contributed by atoms with Crippen LogP contribution in [-0.4, -0.2) is 55.6 Å². The van der Waals surface area contributed by atoms with Crippen LogP contribution in [0.25, 0.3) is 0 Å². The predicted octanol–water partition coefficient (Wildman–Crippen LogP) is 2.02. The van der Waals surface area contributed by atoms with Crippen LogP contribution < -0.4 is 10.6 Å². The predicted molar refractivity (Wildman–Crippen MR) is 101 cm³/mol. The number of likely N-dealkylation sites (tertiary alicyclic amines) is 1. The number of hydrogen-bond acceptors (Lipinski definition) is 4. The molecule has 2 N–H and O–H groups in total. The molecule has 3 rings (SSSR count). The molecule has 0 radical (unpaired) electrons. The van der Waals surface area contributed by atoms with Crippen molar-refractivity contribution < 1.29 is 14.3 Å². The minimum absolute atomic E-state index is 0.0313. The van der Waals surface area contributed by atoms with Crippen LogP contribution >= 0.6 is 0 Å². The van der Waals surface area contributed by atoms with Crippen LogP contribution in [0.2, 0.25) is 0 Å². The zero-order valence-electron chi connectivity index (χ0n) is 15.3. The molecule has 0 spiro atoms. The van der Waals surface area contributed by atoms with Gasteiger partial charge in [0.1, 0.15) is 0 Å². The SMILES string of the molecule is O=C(CCNC(=O)[C@H]1CCCN(C2CCOCC2)C1)Nc1ccccc1. The number of rotatable bonds is 6. The molecule has 0 aromatic heterocycles. The third-order valence-electron chi connectivity index (χ3n) is 5.24. The van der Waals surface area contributed by atoms with E-state index in [2.05, 4.69) is 15.5 Å². The lowest BCUT2D eigenvalue weighted by atomic mass is 9.94. The number of benzene rings is 1. The van der Waals surface area contributed by atoms with Crippen molar-refractivity contribution in [3.05, 3.63) is 30.3 Å². The summed E-state index contributed by atoms with van der Waals surface area (Å²) in [6.07, 6.45) is 4.41. The molecule has 26 heavy (non-hydrogen) atoms. The van der Waals surface area contributed by atoms with Crippen LogP contribution in [0, 0.1) is 5.92 Å². The minimum Gasteiger partial charge on any atom is -0.381 e. The molecule has 2 heterocycles. The van der Waals surface area contributed by atoms with Gasteiger partial charge in [0.05, 0.1) is 5.92 Å². The first-order chi connectivity index (χ1) is 12.7. The van der Waals surface area contributed by atoms with Gasteiger partial charge in [0.25, 0.3) is 0 Å². The largest absolute Gasteiger partial charge is 0.381 e. The second kappa shape index (κ2) is 9.69. The molecule has 2 amide bonds. The maximum atomic E-state index is 12.5. The highest BCUT2D eigenvalue weighted by atomic mass is 16.5. The van der Waals surface area contributed by atoms with E-state index >= 15 is 0 Å². The second-order valence-corrected chi connectivity index (χ2v) is 7.13. The first-order valence-electron chi connectivity index (χ1n) is 9.67. The zero-order chi connectivity index (χ0) is 18.2. The average molecular weight is 359 g/mol. The monoisotopic (exact) mass is 359 g/mol. The number of ether oxygens (including phenoxy) is 1. The van der Waals surface area contributed by atoms with Gasteiger partial charge in [0, 0.05) is 44.5 Å². The van der Waals surface area contributed by atoms with Gasteiger partial charge in [-0.3, -0.25) is 14.5 Å². The fourth-order valence-electron chi connectivity index (χ4n) is 3.79. The first-order valence-corrected chi connectivity index (χ1v) is 9.67. The Bertz CT molecular complexity index is 587. The summed E-state index contributed by atoms with van der Waals surface area (Å²) in [5.74, 6) is 0.0297. The van der Waals surface area contributed by atoms with Crippen molar-refractivity contribution >= 4 is 17.5 Å². The van der Waals surface area contributed by atoms with E-state index in [4.69, 9.17) is 4.74 Å². The minimum atomic E-state index is -0.0797. The number of nitrogens with zero attached hydrogens (tertiary/aromatic N) is 1. The quantitative estimate of drug-likeness (QED) is 0.815. The Morgan fingerprint density at radius 3 is 2.65 bits per heavy atom. The van der Waals surface area contributed by atoms with Crippen molar-refractivity contribution in [2.45, 2.75) is 38.1 Å². The summed E-state index contributed by atoms with van der Waals surface area (Å²) in [5.41, 5.74) is 0.781. The summed E-state index contributed by atoms with van der Waals surface area (Å²) >= 11 is 0. The molecule has 2 aliphatic rings. The van der Waals surface area contributed by atoms with Gasteiger partial charge in [0.2, 0.25) is 11.8 Å². The van der Waals surface area contributed by atoms with Crippen LogP contribution in [0.3, 0.4) is 0 Å². The van der Waals surface area contributed by atoms with Crippen LogP contribution in [0.4, 0.5) is 5.69 Å². The van der Waals surface area contributed by atoms with Gasteiger partial charge >= 0.3 is 0 Å². The van der Waals surface area contributed by atoms with Crippen LogP contribution in [0.15, 0.2) is 30.3 Å². The number of hydrogen-bond donors (Lipinski definition) is 2. The molecule has 2 fully saturated rings. The van der Waals surface area contributed by atoms with Crippen LogP contribution in [0.1, 0.15) is 32.1 Å². The van der Waals surface area contributed by atoms with E-state index in [1.165, 1.54) is 0 Å². The fraction of sp³-hybridized carbons (Fsp3) is 0.600. The lowest BCUT2D eigenvalue weighted by Crippen LogP contribution is -2.48. The topological polar surface area (TPSA) is 70.7 Å². The molecule has 1 aromatic rings. The number of carbonyl (C=O) groups is 2. The number of carbonyl (C=O) groups excluding carboxylic acids is 2. The van der Waals surface area contributed by atoms with E-state index in [1.54, 1.807) is 0 Å². The van der Waals surface area contributed by atoms with Crippen LogP contribution in [-0.2, 0) is 14.3 Å². The van der Waals surface area contributed by atoms with Crippen molar-refractivity contribution in [2.24, 2.45) is 5.92 Å². The summed E-state index contributed by atoms with van der Waals surface area (Å²) in [4.78, 5) is 26.9. The lowest BCUT2D eigenvalue weighted by molar-refractivity contribution is -0.127. The number of piperidine rings is 1. The number of anilines is 1. The zero-order valence-corrected chi connectivity index (χ0v) is 15.3. The van der Waals surface area contributed by atoms with Gasteiger partial charge < -0.3 is 15.4 Å². The highest BCUT2D eigenvalue weighted by molar-refractivity contribution is 5.91. The van der Waals surface area contributed by atoms with Gasteiger partial charge in [-0.25, -0.2) is 0 Å². The first kappa shape index (κ1) is 18.9. The highest BCUT2D eigenvalue weighted by Gasteiger charge is 2.30. The molecule has 142 valence electrons. The summed E-state index contributed by atoms with van der Waals surface area (Å²) in [6.45, 7) is 3.94. The standard InChI is InChI=1S/C20H29N3O3/c24-19(22-17-6-2-1-3-7-17)8-11-21-20(25)16-5-4-12-23(15-16)18-9-13-26-14-10-18/h1-3,6-7,16,18H,4-5,8-15H2,(H,21,25)(H,22,24)/t16-/m0/s1. The summed E-state index contributed by atoms with van der Waals surface area (Å²) < 4.78 is 5.44. The van der Waals surface area contributed by atoms with E-state index in [-0.39, 0.29) is 24.2 Å². The lowest BCUT2D eigenvalue weighted by Gasteiger charge is -2.39. The van der Waals surface area contributed by atoms with E-state index in [1.807, 2.05) is 30.3 Å². The third-order valence-corrected chi connectivity index (χ3v) is 5.24. The molecule has 0 bridgehead atoms. The highest BCUT2D eigenvalue weighted by Crippen LogP contribution is 2.23. The van der Waals surface area contributed by atoms with Gasteiger partial charge in [-0.1, -0.05) is 18.2 Å². The van der Waals surface area contributed by atoms with Crippen molar-refractivity contribution in [2.75, 3.05) is 38.2 Å². The second-order valence-electron chi connectivity index (χ2n) is 7.13. The van der Waals surface area contributed by atoms with E-state index < -0.39 is 0 Å². The molecule has 2 saturated heterocycles. The Morgan fingerprint density at radius 2 is 1.88 bits per heavy atom. The molecule has 1 aromatic carbocycles. The number of nitrogens with one attached hydrogen (secondary N) is 2. The molecule has 0 aliphatic carbocycles. The Balaban J connectivity index is 1.38. The average Bonchev–Trinajstić information content (AvgIpc) is 2.69. The normalized spacial score (nSPS) is 21.9. The van der Waals surface area contributed by atoms with E-state index in [9.17, 15) is 9.59 Å². The van der Waals surface area contributed by atoms with Gasteiger partial charge in [0.15, 0.2) is 0 Å². The molecular weight excluding hydrogens is 330 g/mol. The number of para-hydroxylation sites is 1. The summed E-state index contributed by atoms with van der Waals surface area (Å²) in [7, 11) is 0. The van der Waals surface area contributed by atoms with Gasteiger partial charge in [-0.05, 0) is 44.4 Å². The molecular formula is C20H29N3O3. The van der Waals surface area contributed by atoms with Crippen molar-refractivity contribution in [3.8, 4) is 0 Å². The van der Waals surface area contributed by atoms with E-state index in [0.29, 0.717) is 12.6 Å². The number of amides is 2. The fourth-order valence-corrected chi connectivity index (χ4v) is 3.79. The molecule has 2 aliphatic heterocycles.